The first-order chi connectivity index (χ1) is 6.29. The Morgan fingerprint density at radius 1 is 1.31 bits per heavy atom. The topological polar surface area (TPSA) is 40.5 Å². The molecule has 0 aliphatic carbocycles. The van der Waals surface area contributed by atoms with Crippen molar-refractivity contribution in [2.75, 3.05) is 14.2 Å². The highest BCUT2D eigenvalue weighted by Crippen LogP contribution is 2.06. The molecule has 70 valence electrons. The largest absolute Gasteiger partial charge is 0.502 e. The molecule has 4 nitrogen and oxygen atoms in total. The lowest BCUT2D eigenvalue weighted by Crippen LogP contribution is -2.09. The summed E-state index contributed by atoms with van der Waals surface area (Å²) < 4.78 is 11.0. The summed E-state index contributed by atoms with van der Waals surface area (Å²) in [6, 6.07) is 3.62. The van der Waals surface area contributed by atoms with E-state index in [4.69, 9.17) is 4.74 Å². The fourth-order valence-electron chi connectivity index (χ4n) is 0.926. The molecule has 0 spiro atoms. The van der Waals surface area contributed by atoms with E-state index in [2.05, 4.69) is 4.74 Å². The van der Waals surface area contributed by atoms with E-state index in [1.54, 1.807) is 17.0 Å². The van der Waals surface area contributed by atoms with Crippen LogP contribution in [0.1, 0.15) is 0 Å². The highest BCUT2D eigenvalue weighted by molar-refractivity contribution is 6.09. The molecule has 13 heavy (non-hydrogen) atoms. The Labute approximate surface area is 76.4 Å². The van der Waals surface area contributed by atoms with E-state index in [9.17, 15) is 4.79 Å². The van der Waals surface area contributed by atoms with Crippen molar-refractivity contribution < 1.29 is 14.3 Å². The van der Waals surface area contributed by atoms with E-state index in [0.717, 1.165) is 0 Å². The van der Waals surface area contributed by atoms with Crippen molar-refractivity contribution in [3.8, 4) is 0 Å². The monoisotopic (exact) mass is 181 g/mol. The Kier molecular flexibility index (Phi) is 3.14. The van der Waals surface area contributed by atoms with Crippen molar-refractivity contribution in [1.29, 1.82) is 0 Å². The summed E-state index contributed by atoms with van der Waals surface area (Å²) in [5, 5.41) is 0. The Hall–Kier alpha value is -1.71. The van der Waals surface area contributed by atoms with Gasteiger partial charge in [-0.3, -0.25) is 0 Å². The van der Waals surface area contributed by atoms with E-state index < -0.39 is 5.97 Å². The molecule has 0 aromatic carbocycles. The summed E-state index contributed by atoms with van der Waals surface area (Å²) in [6.07, 6.45) is 4.81. The van der Waals surface area contributed by atoms with Gasteiger partial charge < -0.3 is 14.0 Å². The van der Waals surface area contributed by atoms with Gasteiger partial charge in [-0.25, -0.2) is 4.79 Å². The van der Waals surface area contributed by atoms with Gasteiger partial charge in [0.05, 0.1) is 14.2 Å². The summed E-state index contributed by atoms with van der Waals surface area (Å²) >= 11 is 0. The molecule has 4 heteroatoms. The SMILES string of the molecule is CO/C=C(/C(=O)OC)n1cccc1. The van der Waals surface area contributed by atoms with Crippen LogP contribution in [-0.4, -0.2) is 24.8 Å². The van der Waals surface area contributed by atoms with Crippen LogP contribution in [-0.2, 0) is 14.3 Å². The Morgan fingerprint density at radius 3 is 2.38 bits per heavy atom. The summed E-state index contributed by atoms with van der Waals surface area (Å²) in [6.45, 7) is 0. The first kappa shape index (κ1) is 9.38. The third-order valence-electron chi connectivity index (χ3n) is 1.51. The van der Waals surface area contributed by atoms with Gasteiger partial charge >= 0.3 is 5.97 Å². The molecule has 0 saturated heterocycles. The summed E-state index contributed by atoms with van der Waals surface area (Å²) in [5.41, 5.74) is 0.343. The van der Waals surface area contributed by atoms with Crippen molar-refractivity contribution >= 4 is 11.7 Å². The van der Waals surface area contributed by atoms with E-state index in [1.807, 2.05) is 12.1 Å². The lowest BCUT2D eigenvalue weighted by Gasteiger charge is -2.05. The predicted molar refractivity (Wildman–Crippen MR) is 47.7 cm³/mol. The van der Waals surface area contributed by atoms with Crippen LogP contribution in [0, 0.1) is 0 Å². The highest BCUT2D eigenvalue weighted by Gasteiger charge is 2.10. The molecule has 0 aliphatic heterocycles. The van der Waals surface area contributed by atoms with Crippen LogP contribution in [0.4, 0.5) is 0 Å². The number of carbonyl (C=O) groups excluding carboxylic acids is 1. The first-order valence-corrected chi connectivity index (χ1v) is 3.74. The lowest BCUT2D eigenvalue weighted by molar-refractivity contribution is -0.134. The summed E-state index contributed by atoms with van der Waals surface area (Å²) in [5.74, 6) is -0.432. The van der Waals surface area contributed by atoms with Gasteiger partial charge in [0.2, 0.25) is 0 Å². The Bertz CT molecular complexity index is 301. The maximum absolute atomic E-state index is 11.2. The molecule has 0 amide bonds. The molecule has 0 fully saturated rings. The molecule has 0 N–H and O–H groups in total. The number of ether oxygens (including phenoxy) is 2. The van der Waals surface area contributed by atoms with Crippen LogP contribution < -0.4 is 0 Å². The van der Waals surface area contributed by atoms with Crippen LogP contribution in [0.3, 0.4) is 0 Å². The normalized spacial score (nSPS) is 11.1. The summed E-state index contributed by atoms with van der Waals surface area (Å²) in [7, 11) is 2.81. The molecular weight excluding hydrogens is 170 g/mol. The second-order valence-electron chi connectivity index (χ2n) is 2.32. The number of rotatable bonds is 3. The van der Waals surface area contributed by atoms with Crippen molar-refractivity contribution in [1.82, 2.24) is 4.57 Å². The van der Waals surface area contributed by atoms with E-state index in [-0.39, 0.29) is 0 Å². The zero-order valence-electron chi connectivity index (χ0n) is 7.56. The third kappa shape index (κ3) is 2.11. The third-order valence-corrected chi connectivity index (χ3v) is 1.51. The predicted octanol–water partition coefficient (Wildman–Crippen LogP) is 1.11. The maximum Gasteiger partial charge on any atom is 0.358 e. The number of esters is 1. The van der Waals surface area contributed by atoms with Crippen LogP contribution in [0.2, 0.25) is 0 Å². The van der Waals surface area contributed by atoms with Crippen molar-refractivity contribution in [3.05, 3.63) is 30.8 Å². The van der Waals surface area contributed by atoms with E-state index in [0.29, 0.717) is 5.70 Å². The van der Waals surface area contributed by atoms with E-state index >= 15 is 0 Å². The van der Waals surface area contributed by atoms with Gasteiger partial charge in [0.1, 0.15) is 6.26 Å². The van der Waals surface area contributed by atoms with Gasteiger partial charge in [-0.2, -0.15) is 0 Å². The molecule has 0 radical (unpaired) electrons. The highest BCUT2D eigenvalue weighted by atomic mass is 16.5. The molecule has 1 aromatic rings. The van der Waals surface area contributed by atoms with Gasteiger partial charge in [0, 0.05) is 12.4 Å². The van der Waals surface area contributed by atoms with Gasteiger partial charge in [0.15, 0.2) is 5.70 Å². The van der Waals surface area contributed by atoms with Gasteiger partial charge in [-0.05, 0) is 12.1 Å². The van der Waals surface area contributed by atoms with E-state index in [1.165, 1.54) is 20.5 Å². The minimum absolute atomic E-state index is 0.343. The number of nitrogens with zero attached hydrogens (tertiary/aromatic N) is 1. The van der Waals surface area contributed by atoms with Crippen LogP contribution in [0.15, 0.2) is 30.8 Å². The zero-order chi connectivity index (χ0) is 9.68. The Morgan fingerprint density at radius 2 is 1.92 bits per heavy atom. The number of hydrogen-bond donors (Lipinski definition) is 0. The average Bonchev–Trinajstić information content (AvgIpc) is 2.65. The zero-order valence-corrected chi connectivity index (χ0v) is 7.56. The van der Waals surface area contributed by atoms with Crippen molar-refractivity contribution in [2.45, 2.75) is 0 Å². The number of aromatic nitrogens is 1. The van der Waals surface area contributed by atoms with Crippen molar-refractivity contribution in [3.63, 3.8) is 0 Å². The fourth-order valence-corrected chi connectivity index (χ4v) is 0.926. The van der Waals surface area contributed by atoms with Gasteiger partial charge in [-0.15, -0.1) is 0 Å². The van der Waals surface area contributed by atoms with Gasteiger partial charge in [-0.1, -0.05) is 0 Å². The van der Waals surface area contributed by atoms with Crippen LogP contribution in [0.25, 0.3) is 5.70 Å². The van der Waals surface area contributed by atoms with Crippen LogP contribution in [0.5, 0.6) is 0 Å². The molecule has 1 aromatic heterocycles. The minimum atomic E-state index is -0.432. The van der Waals surface area contributed by atoms with Crippen LogP contribution >= 0.6 is 0 Å². The molecule has 1 heterocycles. The smallest absolute Gasteiger partial charge is 0.358 e. The number of carbonyl (C=O) groups is 1. The molecule has 0 unspecified atom stereocenters. The first-order valence-electron chi connectivity index (χ1n) is 3.74. The minimum Gasteiger partial charge on any atom is -0.502 e. The number of methoxy groups -OCH3 is 2. The maximum atomic E-state index is 11.2. The molecule has 1 rings (SSSR count). The van der Waals surface area contributed by atoms with Gasteiger partial charge in [0.25, 0.3) is 0 Å². The number of hydrogen-bond acceptors (Lipinski definition) is 3. The molecule has 0 aliphatic rings. The second-order valence-corrected chi connectivity index (χ2v) is 2.32. The molecule has 0 atom stereocenters. The van der Waals surface area contributed by atoms with Crippen molar-refractivity contribution in [2.24, 2.45) is 0 Å². The molecule has 0 saturated carbocycles. The average molecular weight is 181 g/mol. The second kappa shape index (κ2) is 4.35. The lowest BCUT2D eigenvalue weighted by atomic mass is 10.5. The quantitative estimate of drug-likeness (QED) is 0.398. The molecular formula is C9H11NO3. The molecule has 0 bridgehead atoms. The summed E-state index contributed by atoms with van der Waals surface area (Å²) in [4.78, 5) is 11.2. The standard InChI is InChI=1S/C9H11NO3/c1-12-7-8(9(11)13-2)10-5-3-4-6-10/h3-7H,1-2H3/b8-7-. The Balaban J connectivity index is 2.94. The fraction of sp³-hybridized carbons (Fsp3) is 0.222.